The van der Waals surface area contributed by atoms with Crippen LogP contribution in [0.15, 0.2) is 96.0 Å². The number of carbonyl (C=O) groups is 1. The van der Waals surface area contributed by atoms with Crippen molar-refractivity contribution in [1.29, 1.82) is 0 Å². The third-order valence-electron chi connectivity index (χ3n) is 7.21. The molecular formula is C31H28N4O3S2. The highest BCUT2D eigenvalue weighted by atomic mass is 32.2. The quantitative estimate of drug-likeness (QED) is 0.246. The highest BCUT2D eigenvalue weighted by Gasteiger charge is 2.29. The molecule has 5 aromatic rings. The Balaban J connectivity index is 1.29. The fourth-order valence-corrected chi connectivity index (χ4v) is 7.37. The van der Waals surface area contributed by atoms with E-state index in [0.29, 0.717) is 30.2 Å². The number of carbonyl (C=O) groups excluding carboxylic acids is 1. The molecule has 0 atom stereocenters. The Morgan fingerprint density at radius 1 is 0.975 bits per heavy atom. The molecular weight excluding hydrogens is 541 g/mol. The topological polar surface area (TPSA) is 83.5 Å². The molecule has 0 unspecified atom stereocenters. The minimum absolute atomic E-state index is 0.173. The maximum absolute atomic E-state index is 13.9. The number of thiazole rings is 1. The zero-order valence-corrected chi connectivity index (χ0v) is 23.7. The second-order valence-corrected chi connectivity index (χ2v) is 12.7. The highest BCUT2D eigenvalue weighted by Crippen LogP contribution is 2.32. The molecule has 6 rings (SSSR count). The number of hydrogen-bond acceptors (Lipinski definition) is 6. The van der Waals surface area contributed by atoms with Gasteiger partial charge in [-0.05, 0) is 78.1 Å². The lowest BCUT2D eigenvalue weighted by molar-refractivity contribution is 0.0984. The van der Waals surface area contributed by atoms with Crippen LogP contribution in [0.3, 0.4) is 0 Å². The Bertz CT molecular complexity index is 1780. The van der Waals surface area contributed by atoms with Crippen LogP contribution < -0.4 is 4.90 Å². The second-order valence-electron chi connectivity index (χ2n) is 9.75. The van der Waals surface area contributed by atoms with Gasteiger partial charge in [-0.2, -0.15) is 4.31 Å². The van der Waals surface area contributed by atoms with Gasteiger partial charge in [-0.3, -0.25) is 14.7 Å². The third kappa shape index (κ3) is 5.15. The molecule has 40 heavy (non-hydrogen) atoms. The van der Waals surface area contributed by atoms with E-state index in [1.165, 1.54) is 38.9 Å². The van der Waals surface area contributed by atoms with Crippen molar-refractivity contribution in [3.8, 4) is 0 Å². The summed E-state index contributed by atoms with van der Waals surface area (Å²) >= 11 is 1.46. The lowest BCUT2D eigenvalue weighted by Crippen LogP contribution is -2.36. The SMILES string of the molecule is CCc1ccc2nc(N(Cc3ccccn3)C(=O)c3ccc(S(=O)(=O)N4CCc5ccccc5C4)cc3)sc2c1. The standard InChI is InChI=1S/C31H28N4O3S2/c1-2-22-10-15-28-29(19-22)39-31(33-28)35(21-26-9-5-6-17-32-26)30(36)24-11-13-27(14-12-24)40(37,38)34-18-16-23-7-3-4-8-25(23)20-34/h3-15,17,19H,2,16,18,20-21H2,1H3. The molecule has 3 aromatic carbocycles. The van der Waals surface area contributed by atoms with Gasteiger partial charge in [0, 0.05) is 24.8 Å². The predicted octanol–water partition coefficient (Wildman–Crippen LogP) is 5.85. The van der Waals surface area contributed by atoms with Crippen molar-refractivity contribution < 1.29 is 13.2 Å². The monoisotopic (exact) mass is 568 g/mol. The maximum Gasteiger partial charge on any atom is 0.260 e. The smallest absolute Gasteiger partial charge is 0.260 e. The van der Waals surface area contributed by atoms with Crippen molar-refractivity contribution >= 4 is 42.6 Å². The van der Waals surface area contributed by atoms with Gasteiger partial charge >= 0.3 is 0 Å². The number of amides is 1. The van der Waals surface area contributed by atoms with Gasteiger partial charge in [0.2, 0.25) is 10.0 Å². The second kappa shape index (κ2) is 10.9. The summed E-state index contributed by atoms with van der Waals surface area (Å²) in [5.74, 6) is -0.267. The van der Waals surface area contributed by atoms with Crippen LogP contribution in [0.5, 0.6) is 0 Å². The zero-order chi connectivity index (χ0) is 27.7. The van der Waals surface area contributed by atoms with Gasteiger partial charge in [-0.25, -0.2) is 13.4 Å². The van der Waals surface area contributed by atoms with Crippen LogP contribution in [-0.2, 0) is 36.0 Å². The van der Waals surface area contributed by atoms with Crippen LogP contribution in [0.1, 0.15) is 39.7 Å². The minimum Gasteiger partial charge on any atom is -0.278 e. The van der Waals surface area contributed by atoms with Crippen molar-refractivity contribution in [3.63, 3.8) is 0 Å². The fourth-order valence-electron chi connectivity index (χ4n) is 4.92. The first kappa shape index (κ1) is 26.3. The molecule has 1 amide bonds. The molecule has 1 aliphatic rings. The first-order valence-electron chi connectivity index (χ1n) is 13.2. The predicted molar refractivity (Wildman–Crippen MR) is 158 cm³/mol. The summed E-state index contributed by atoms with van der Waals surface area (Å²) in [5.41, 5.74) is 5.36. The van der Waals surface area contributed by atoms with Crippen LogP contribution in [0, 0.1) is 0 Å². The number of aryl methyl sites for hydroxylation is 1. The Morgan fingerprint density at radius 3 is 2.50 bits per heavy atom. The molecule has 0 spiro atoms. The van der Waals surface area contributed by atoms with Gasteiger partial charge in [0.25, 0.3) is 5.91 Å². The molecule has 0 bridgehead atoms. The first-order chi connectivity index (χ1) is 19.4. The van der Waals surface area contributed by atoms with Gasteiger partial charge in [-0.1, -0.05) is 54.7 Å². The van der Waals surface area contributed by atoms with Crippen molar-refractivity contribution in [2.45, 2.75) is 37.8 Å². The number of aromatic nitrogens is 2. The third-order valence-corrected chi connectivity index (χ3v) is 10.1. The molecule has 0 saturated heterocycles. The Morgan fingerprint density at radius 2 is 1.75 bits per heavy atom. The van der Waals surface area contributed by atoms with Crippen LogP contribution in [0.2, 0.25) is 0 Å². The normalized spacial score (nSPS) is 13.7. The molecule has 0 aliphatic carbocycles. The van der Waals surface area contributed by atoms with E-state index in [9.17, 15) is 13.2 Å². The van der Waals surface area contributed by atoms with Gasteiger partial charge in [0.1, 0.15) is 0 Å². The van der Waals surface area contributed by atoms with Gasteiger partial charge < -0.3 is 0 Å². The van der Waals surface area contributed by atoms with E-state index >= 15 is 0 Å². The number of benzene rings is 3. The zero-order valence-electron chi connectivity index (χ0n) is 22.0. The molecule has 1 aliphatic heterocycles. The molecule has 7 nitrogen and oxygen atoms in total. The van der Waals surface area contributed by atoms with Crippen LogP contribution in [0.4, 0.5) is 5.13 Å². The number of rotatable bonds is 7. The van der Waals surface area contributed by atoms with E-state index < -0.39 is 10.0 Å². The molecule has 0 saturated carbocycles. The lowest BCUT2D eigenvalue weighted by Gasteiger charge is -2.28. The summed E-state index contributed by atoms with van der Waals surface area (Å²) in [6, 6.07) is 25.9. The highest BCUT2D eigenvalue weighted by molar-refractivity contribution is 7.89. The Labute approximate surface area is 237 Å². The maximum atomic E-state index is 13.9. The van der Waals surface area contributed by atoms with Gasteiger partial charge in [0.05, 0.1) is 27.4 Å². The first-order valence-corrected chi connectivity index (χ1v) is 15.5. The summed E-state index contributed by atoms with van der Waals surface area (Å²) in [5, 5.41) is 0.572. The largest absolute Gasteiger partial charge is 0.278 e. The van der Waals surface area contributed by atoms with Crippen molar-refractivity contribution in [2.24, 2.45) is 0 Å². The van der Waals surface area contributed by atoms with E-state index in [2.05, 4.69) is 24.0 Å². The summed E-state index contributed by atoms with van der Waals surface area (Å²) in [6.45, 7) is 3.12. The molecule has 202 valence electrons. The summed E-state index contributed by atoms with van der Waals surface area (Å²) < 4.78 is 29.4. The van der Waals surface area contributed by atoms with E-state index in [1.54, 1.807) is 23.2 Å². The molecule has 3 heterocycles. The minimum atomic E-state index is -3.70. The van der Waals surface area contributed by atoms with Gasteiger partial charge in [-0.15, -0.1) is 0 Å². The van der Waals surface area contributed by atoms with Crippen LogP contribution in [-0.4, -0.2) is 35.1 Å². The Hall–Kier alpha value is -3.92. The van der Waals surface area contributed by atoms with Gasteiger partial charge in [0.15, 0.2) is 5.13 Å². The molecule has 0 radical (unpaired) electrons. The number of pyridine rings is 1. The molecule has 0 fully saturated rings. The number of hydrogen-bond donors (Lipinski definition) is 0. The summed E-state index contributed by atoms with van der Waals surface area (Å²) in [4.78, 5) is 24.8. The average molecular weight is 569 g/mol. The van der Waals surface area contributed by atoms with Crippen LogP contribution in [0.25, 0.3) is 10.2 Å². The molecule has 2 aromatic heterocycles. The van der Waals surface area contributed by atoms with Crippen molar-refractivity contribution in [2.75, 3.05) is 11.4 Å². The summed E-state index contributed by atoms with van der Waals surface area (Å²) in [6.07, 6.45) is 3.29. The lowest BCUT2D eigenvalue weighted by atomic mass is 10.0. The van der Waals surface area contributed by atoms with E-state index in [1.807, 2.05) is 48.5 Å². The number of nitrogens with zero attached hydrogens (tertiary/aromatic N) is 4. The Kier molecular flexibility index (Phi) is 7.18. The van der Waals surface area contributed by atoms with Crippen LogP contribution >= 0.6 is 11.3 Å². The van der Waals surface area contributed by atoms with E-state index in [-0.39, 0.29) is 17.3 Å². The molecule has 0 N–H and O–H groups in total. The number of anilines is 1. The van der Waals surface area contributed by atoms with E-state index in [4.69, 9.17) is 4.98 Å². The van der Waals surface area contributed by atoms with Crippen molar-refractivity contribution in [1.82, 2.24) is 14.3 Å². The fraction of sp³-hybridized carbons (Fsp3) is 0.194. The summed E-state index contributed by atoms with van der Waals surface area (Å²) in [7, 11) is -3.70. The van der Waals surface area contributed by atoms with Crippen molar-refractivity contribution in [3.05, 3.63) is 119 Å². The number of fused-ring (bicyclic) bond motifs is 2. The number of sulfonamides is 1. The average Bonchev–Trinajstić information content (AvgIpc) is 3.43. The molecule has 9 heteroatoms. The van der Waals surface area contributed by atoms with E-state index in [0.717, 1.165) is 27.9 Å².